The molecule has 2 heterocycles. The molecule has 0 aliphatic rings. The molecular weight excluding hydrogens is 230 g/mol. The quantitative estimate of drug-likeness (QED) is 0.794. The van der Waals surface area contributed by atoms with Crippen LogP contribution >= 0.6 is 0 Å². The normalized spacial score (nSPS) is 12.3. The Balaban J connectivity index is 2.46. The number of carbonyl (C=O) groups is 1. The Hall–Kier alpha value is -2.30. The number of hydrogen-bond acceptors (Lipinski definition) is 3. The van der Waals surface area contributed by atoms with E-state index < -0.39 is 5.97 Å². The van der Waals surface area contributed by atoms with E-state index in [0.717, 1.165) is 6.42 Å². The van der Waals surface area contributed by atoms with E-state index in [1.165, 1.54) is 0 Å². The molecule has 0 bridgehead atoms. The van der Waals surface area contributed by atoms with Gasteiger partial charge in [-0.15, -0.1) is 6.58 Å². The van der Waals surface area contributed by atoms with Crippen molar-refractivity contribution in [3.63, 3.8) is 0 Å². The Bertz CT molecular complexity index is 589. The molecule has 2 N–H and O–H groups in total. The summed E-state index contributed by atoms with van der Waals surface area (Å²) < 4.78 is 1.56. The molecule has 0 fully saturated rings. The third kappa shape index (κ3) is 2.20. The zero-order valence-electron chi connectivity index (χ0n) is 10.1. The summed E-state index contributed by atoms with van der Waals surface area (Å²) >= 11 is 0. The molecule has 18 heavy (non-hydrogen) atoms. The van der Waals surface area contributed by atoms with Crippen LogP contribution in [0.4, 0.5) is 5.82 Å². The number of aromatic nitrogens is 2. The lowest BCUT2D eigenvalue weighted by Crippen LogP contribution is -2.17. The fourth-order valence-electron chi connectivity index (χ4n) is 1.84. The topological polar surface area (TPSA) is 66.6 Å². The van der Waals surface area contributed by atoms with Gasteiger partial charge in [-0.1, -0.05) is 12.1 Å². The molecule has 0 spiro atoms. The van der Waals surface area contributed by atoms with Crippen LogP contribution in [0.3, 0.4) is 0 Å². The highest BCUT2D eigenvalue weighted by Crippen LogP contribution is 2.18. The van der Waals surface area contributed by atoms with E-state index in [4.69, 9.17) is 0 Å². The van der Waals surface area contributed by atoms with Crippen LogP contribution in [0.15, 0.2) is 37.1 Å². The van der Waals surface area contributed by atoms with E-state index in [0.29, 0.717) is 11.5 Å². The van der Waals surface area contributed by atoms with E-state index in [-0.39, 0.29) is 11.7 Å². The van der Waals surface area contributed by atoms with Gasteiger partial charge in [-0.3, -0.25) is 4.40 Å². The summed E-state index contributed by atoms with van der Waals surface area (Å²) in [6.07, 6.45) is 4.22. The van der Waals surface area contributed by atoms with E-state index >= 15 is 0 Å². The molecule has 0 amide bonds. The van der Waals surface area contributed by atoms with Crippen LogP contribution in [0.2, 0.25) is 0 Å². The third-order valence-electron chi connectivity index (χ3n) is 2.64. The van der Waals surface area contributed by atoms with Gasteiger partial charge in [0.1, 0.15) is 5.65 Å². The van der Waals surface area contributed by atoms with E-state index in [1.807, 2.05) is 13.0 Å². The highest BCUT2D eigenvalue weighted by atomic mass is 16.4. The van der Waals surface area contributed by atoms with Gasteiger partial charge >= 0.3 is 5.97 Å². The number of imidazole rings is 1. The van der Waals surface area contributed by atoms with Crippen molar-refractivity contribution < 1.29 is 9.90 Å². The van der Waals surface area contributed by atoms with Gasteiger partial charge in [-0.05, 0) is 25.5 Å². The van der Waals surface area contributed by atoms with Crippen LogP contribution in [0, 0.1) is 0 Å². The number of fused-ring (bicyclic) bond motifs is 1. The number of pyridine rings is 1. The van der Waals surface area contributed by atoms with Crippen molar-refractivity contribution in [2.24, 2.45) is 0 Å². The third-order valence-corrected chi connectivity index (χ3v) is 2.64. The van der Waals surface area contributed by atoms with Crippen LogP contribution in [0.1, 0.15) is 23.8 Å². The molecule has 0 aromatic carbocycles. The first-order valence-corrected chi connectivity index (χ1v) is 5.71. The minimum Gasteiger partial charge on any atom is -0.476 e. The van der Waals surface area contributed by atoms with Gasteiger partial charge in [0, 0.05) is 12.2 Å². The standard InChI is InChI=1S/C13H15N3O2/c1-3-6-9(2)14-12-11(13(17)18)16-8-5-4-7-10(16)15-12/h3-5,7-9,14H,1,6H2,2H3,(H,17,18). The van der Waals surface area contributed by atoms with E-state index in [9.17, 15) is 9.90 Å². The number of anilines is 1. The zero-order valence-corrected chi connectivity index (χ0v) is 10.1. The lowest BCUT2D eigenvalue weighted by atomic mass is 10.2. The van der Waals surface area contributed by atoms with Crippen molar-refractivity contribution in [1.29, 1.82) is 0 Å². The molecular formula is C13H15N3O2. The Morgan fingerprint density at radius 3 is 3.11 bits per heavy atom. The summed E-state index contributed by atoms with van der Waals surface area (Å²) in [5.74, 6) is -0.606. The van der Waals surface area contributed by atoms with Gasteiger partial charge in [0.05, 0.1) is 0 Å². The van der Waals surface area contributed by atoms with Crippen LogP contribution in [-0.4, -0.2) is 26.5 Å². The Labute approximate surface area is 105 Å². The van der Waals surface area contributed by atoms with Crippen LogP contribution < -0.4 is 5.32 Å². The maximum absolute atomic E-state index is 11.3. The summed E-state index contributed by atoms with van der Waals surface area (Å²) in [5, 5.41) is 12.4. The van der Waals surface area contributed by atoms with Gasteiger partial charge < -0.3 is 10.4 Å². The Kier molecular flexibility index (Phi) is 3.32. The van der Waals surface area contributed by atoms with Crippen molar-refractivity contribution in [3.8, 4) is 0 Å². The molecule has 0 aliphatic carbocycles. The number of carboxylic acids is 1. The monoisotopic (exact) mass is 245 g/mol. The van der Waals surface area contributed by atoms with Gasteiger partial charge in [0.15, 0.2) is 11.5 Å². The summed E-state index contributed by atoms with van der Waals surface area (Å²) in [5.41, 5.74) is 0.768. The molecule has 5 nitrogen and oxygen atoms in total. The predicted octanol–water partition coefficient (Wildman–Crippen LogP) is 2.41. The van der Waals surface area contributed by atoms with Crippen LogP contribution in [-0.2, 0) is 0 Å². The lowest BCUT2D eigenvalue weighted by molar-refractivity contribution is 0.0690. The van der Waals surface area contributed by atoms with Crippen molar-refractivity contribution >= 4 is 17.4 Å². The number of hydrogen-bond donors (Lipinski definition) is 2. The largest absolute Gasteiger partial charge is 0.476 e. The predicted molar refractivity (Wildman–Crippen MR) is 70.1 cm³/mol. The molecule has 1 unspecified atom stereocenters. The maximum atomic E-state index is 11.3. The second-order valence-electron chi connectivity index (χ2n) is 4.11. The number of nitrogens with zero attached hydrogens (tertiary/aromatic N) is 2. The smallest absolute Gasteiger partial charge is 0.356 e. The number of carboxylic acid groups (broad SMARTS) is 1. The fraction of sp³-hybridized carbons (Fsp3) is 0.231. The lowest BCUT2D eigenvalue weighted by Gasteiger charge is -2.11. The molecule has 0 aliphatic heterocycles. The first-order chi connectivity index (χ1) is 8.63. The average molecular weight is 245 g/mol. The number of aromatic carboxylic acids is 1. The number of nitrogens with one attached hydrogen (secondary N) is 1. The molecule has 0 saturated carbocycles. The second kappa shape index (κ2) is 4.91. The Morgan fingerprint density at radius 2 is 2.44 bits per heavy atom. The summed E-state index contributed by atoms with van der Waals surface area (Å²) in [4.78, 5) is 15.6. The van der Waals surface area contributed by atoms with Crippen molar-refractivity contribution in [3.05, 3.63) is 42.7 Å². The van der Waals surface area contributed by atoms with Crippen molar-refractivity contribution in [2.45, 2.75) is 19.4 Å². The summed E-state index contributed by atoms with van der Waals surface area (Å²) in [6.45, 7) is 5.62. The maximum Gasteiger partial charge on any atom is 0.356 e. The highest BCUT2D eigenvalue weighted by Gasteiger charge is 2.19. The molecule has 2 aromatic heterocycles. The second-order valence-corrected chi connectivity index (χ2v) is 4.11. The molecule has 1 atom stereocenters. The van der Waals surface area contributed by atoms with Crippen molar-refractivity contribution in [2.75, 3.05) is 5.32 Å². The van der Waals surface area contributed by atoms with E-state index in [2.05, 4.69) is 16.9 Å². The van der Waals surface area contributed by atoms with Crippen molar-refractivity contribution in [1.82, 2.24) is 9.38 Å². The summed E-state index contributed by atoms with van der Waals surface area (Å²) in [7, 11) is 0. The Morgan fingerprint density at radius 1 is 1.67 bits per heavy atom. The first kappa shape index (κ1) is 12.2. The molecule has 2 rings (SSSR count). The first-order valence-electron chi connectivity index (χ1n) is 5.71. The molecule has 5 heteroatoms. The minimum atomic E-state index is -0.998. The van der Waals surface area contributed by atoms with Gasteiger partial charge in [-0.25, -0.2) is 9.78 Å². The number of rotatable bonds is 5. The molecule has 0 radical (unpaired) electrons. The van der Waals surface area contributed by atoms with Gasteiger partial charge in [-0.2, -0.15) is 0 Å². The van der Waals surface area contributed by atoms with Gasteiger partial charge in [0.25, 0.3) is 0 Å². The van der Waals surface area contributed by atoms with Crippen LogP contribution in [0.25, 0.3) is 5.65 Å². The SMILES string of the molecule is C=CCC(C)Nc1nc2ccccn2c1C(=O)O. The molecule has 0 saturated heterocycles. The minimum absolute atomic E-state index is 0.0884. The molecule has 94 valence electrons. The average Bonchev–Trinajstić information content (AvgIpc) is 2.66. The zero-order chi connectivity index (χ0) is 13.1. The van der Waals surface area contributed by atoms with Gasteiger partial charge in [0.2, 0.25) is 0 Å². The van der Waals surface area contributed by atoms with E-state index in [1.54, 1.807) is 28.8 Å². The molecule has 2 aromatic rings. The van der Waals surface area contributed by atoms with Crippen LogP contribution in [0.5, 0.6) is 0 Å². The fourth-order valence-corrected chi connectivity index (χ4v) is 1.84. The summed E-state index contributed by atoms with van der Waals surface area (Å²) in [6, 6.07) is 5.46. The highest BCUT2D eigenvalue weighted by molar-refractivity contribution is 5.93.